The lowest BCUT2D eigenvalue weighted by Crippen LogP contribution is -2.47. The molecule has 0 aliphatic rings. The highest BCUT2D eigenvalue weighted by Gasteiger charge is 2.29. The first-order valence-corrected chi connectivity index (χ1v) is 9.29. The van der Waals surface area contributed by atoms with Gasteiger partial charge in [0.1, 0.15) is 17.9 Å². The minimum Gasteiger partial charge on any atom is -0.451 e. The molecular weight excluding hydrogens is 389 g/mol. The van der Waals surface area contributed by atoms with Crippen LogP contribution >= 0.6 is 0 Å². The Bertz CT molecular complexity index is 967. The molecule has 0 bridgehead atoms. The number of ether oxygens (including phenoxy) is 1. The van der Waals surface area contributed by atoms with E-state index in [2.05, 4.69) is 10.6 Å². The summed E-state index contributed by atoms with van der Waals surface area (Å²) in [7, 11) is 0. The summed E-state index contributed by atoms with van der Waals surface area (Å²) in [6, 6.07) is 12.3. The van der Waals surface area contributed by atoms with Gasteiger partial charge in [0.2, 0.25) is 0 Å². The average molecular weight is 411 g/mol. The maximum absolute atomic E-state index is 13.0. The number of nitriles is 1. The molecule has 2 aromatic carbocycles. The van der Waals surface area contributed by atoms with Crippen LogP contribution in [0.1, 0.15) is 36.7 Å². The number of benzene rings is 2. The van der Waals surface area contributed by atoms with Crippen LogP contribution in [0.25, 0.3) is 0 Å². The van der Waals surface area contributed by atoms with Crippen molar-refractivity contribution in [2.75, 3.05) is 5.32 Å². The van der Waals surface area contributed by atoms with Gasteiger partial charge >= 0.3 is 5.97 Å². The van der Waals surface area contributed by atoms with Crippen LogP contribution in [0, 0.1) is 23.1 Å². The summed E-state index contributed by atoms with van der Waals surface area (Å²) >= 11 is 0. The van der Waals surface area contributed by atoms with Crippen molar-refractivity contribution in [3.05, 3.63) is 65.5 Å². The molecular formula is C22H22FN3O4. The van der Waals surface area contributed by atoms with Gasteiger partial charge in [0.05, 0.1) is 11.3 Å². The van der Waals surface area contributed by atoms with Gasteiger partial charge in [-0.15, -0.1) is 0 Å². The molecule has 8 heteroatoms. The summed E-state index contributed by atoms with van der Waals surface area (Å²) in [5.41, 5.74) is 0.766. The molecule has 0 unspecified atom stereocenters. The van der Waals surface area contributed by atoms with Crippen molar-refractivity contribution >= 4 is 23.5 Å². The molecule has 156 valence electrons. The lowest BCUT2D eigenvalue weighted by atomic mass is 10.0. The zero-order valence-corrected chi connectivity index (χ0v) is 16.8. The first-order chi connectivity index (χ1) is 14.2. The van der Waals surface area contributed by atoms with Gasteiger partial charge in [-0.2, -0.15) is 5.26 Å². The van der Waals surface area contributed by atoms with Crippen molar-refractivity contribution in [2.45, 2.75) is 32.9 Å². The van der Waals surface area contributed by atoms with Crippen molar-refractivity contribution in [2.24, 2.45) is 5.92 Å². The topological polar surface area (TPSA) is 108 Å². The lowest BCUT2D eigenvalue weighted by Gasteiger charge is -2.23. The van der Waals surface area contributed by atoms with E-state index in [0.717, 1.165) is 12.1 Å². The van der Waals surface area contributed by atoms with Gasteiger partial charge < -0.3 is 15.4 Å². The number of anilines is 1. The Balaban J connectivity index is 2.03. The van der Waals surface area contributed by atoms with E-state index in [9.17, 15) is 18.8 Å². The fourth-order valence-corrected chi connectivity index (χ4v) is 2.55. The Kier molecular flexibility index (Phi) is 7.64. The Morgan fingerprint density at radius 1 is 1.03 bits per heavy atom. The third-order valence-electron chi connectivity index (χ3n) is 4.28. The number of carbonyl (C=O) groups is 3. The van der Waals surface area contributed by atoms with Gasteiger partial charge in [-0.1, -0.05) is 26.0 Å². The molecule has 0 saturated heterocycles. The molecule has 0 saturated carbocycles. The standard InChI is InChI=1S/C22H22FN3O4/c1-13(2)19(26-21(28)15-8-10-17(23)11-9-15)22(29)30-14(3)20(27)25-18-7-5-4-6-16(18)12-24/h4-11,13-14,19H,1-3H3,(H,25,27)(H,26,28)/t14-,19+/m1/s1. The maximum Gasteiger partial charge on any atom is 0.329 e. The van der Waals surface area contributed by atoms with Crippen LogP contribution in [0.3, 0.4) is 0 Å². The third kappa shape index (κ3) is 5.88. The van der Waals surface area contributed by atoms with Crippen molar-refractivity contribution in [1.82, 2.24) is 5.32 Å². The number of carbonyl (C=O) groups excluding carboxylic acids is 3. The second-order valence-electron chi connectivity index (χ2n) is 6.93. The molecule has 2 rings (SSSR count). The molecule has 0 radical (unpaired) electrons. The number of nitrogens with zero attached hydrogens (tertiary/aromatic N) is 1. The maximum atomic E-state index is 13.0. The van der Waals surface area contributed by atoms with Crippen molar-refractivity contribution in [1.29, 1.82) is 5.26 Å². The van der Waals surface area contributed by atoms with Crippen LogP contribution in [0.2, 0.25) is 0 Å². The molecule has 2 amide bonds. The lowest BCUT2D eigenvalue weighted by molar-refractivity contribution is -0.156. The molecule has 0 aromatic heterocycles. The number of rotatable bonds is 7. The van der Waals surface area contributed by atoms with Crippen LogP contribution in [-0.4, -0.2) is 29.9 Å². The summed E-state index contributed by atoms with van der Waals surface area (Å²) in [5.74, 6) is -2.76. The van der Waals surface area contributed by atoms with Crippen molar-refractivity contribution in [3.63, 3.8) is 0 Å². The van der Waals surface area contributed by atoms with E-state index in [0.29, 0.717) is 5.69 Å². The van der Waals surface area contributed by atoms with Crippen molar-refractivity contribution < 1.29 is 23.5 Å². The van der Waals surface area contributed by atoms with E-state index < -0.39 is 35.7 Å². The SMILES string of the molecule is CC(C)[C@H](NC(=O)c1ccc(F)cc1)C(=O)O[C@H](C)C(=O)Nc1ccccc1C#N. The van der Waals surface area contributed by atoms with Gasteiger partial charge in [0.25, 0.3) is 11.8 Å². The Morgan fingerprint density at radius 3 is 2.27 bits per heavy atom. The Hall–Kier alpha value is -3.73. The molecule has 0 heterocycles. The molecule has 0 aliphatic heterocycles. The number of hydrogen-bond acceptors (Lipinski definition) is 5. The van der Waals surface area contributed by atoms with E-state index >= 15 is 0 Å². The van der Waals surface area contributed by atoms with E-state index in [-0.39, 0.29) is 17.0 Å². The molecule has 2 N–H and O–H groups in total. The molecule has 7 nitrogen and oxygen atoms in total. The highest BCUT2D eigenvalue weighted by atomic mass is 19.1. The van der Waals surface area contributed by atoms with Crippen molar-refractivity contribution in [3.8, 4) is 6.07 Å². The van der Waals surface area contributed by atoms with Gasteiger partial charge in [0.15, 0.2) is 6.10 Å². The fraction of sp³-hybridized carbons (Fsp3) is 0.273. The minimum atomic E-state index is -1.16. The predicted molar refractivity (Wildman–Crippen MR) is 108 cm³/mol. The van der Waals surface area contributed by atoms with E-state index in [1.807, 2.05) is 6.07 Å². The zero-order chi connectivity index (χ0) is 22.3. The average Bonchev–Trinajstić information content (AvgIpc) is 2.72. The molecule has 0 spiro atoms. The van der Waals surface area contributed by atoms with Crippen LogP contribution in [-0.2, 0) is 14.3 Å². The highest BCUT2D eigenvalue weighted by molar-refractivity contribution is 5.98. The largest absolute Gasteiger partial charge is 0.451 e. The van der Waals surface area contributed by atoms with E-state index in [1.54, 1.807) is 38.1 Å². The quantitative estimate of drug-likeness (QED) is 0.681. The first kappa shape index (κ1) is 22.6. The normalized spacial score (nSPS) is 12.4. The molecule has 0 aliphatic carbocycles. The van der Waals surface area contributed by atoms with Gasteiger partial charge in [-0.05, 0) is 49.2 Å². The van der Waals surface area contributed by atoms with E-state index in [1.165, 1.54) is 19.1 Å². The number of nitrogens with one attached hydrogen (secondary N) is 2. The van der Waals surface area contributed by atoms with Gasteiger partial charge in [-0.3, -0.25) is 9.59 Å². The fourth-order valence-electron chi connectivity index (χ4n) is 2.55. The monoisotopic (exact) mass is 411 g/mol. The summed E-state index contributed by atoms with van der Waals surface area (Å²) in [5, 5.41) is 14.2. The number of amides is 2. The Labute approximate surface area is 173 Å². The Morgan fingerprint density at radius 2 is 1.67 bits per heavy atom. The third-order valence-corrected chi connectivity index (χ3v) is 4.28. The zero-order valence-electron chi connectivity index (χ0n) is 16.8. The molecule has 2 atom stereocenters. The van der Waals surface area contributed by atoms with Gasteiger partial charge in [-0.25, -0.2) is 9.18 Å². The highest BCUT2D eigenvalue weighted by Crippen LogP contribution is 2.15. The summed E-state index contributed by atoms with van der Waals surface area (Å²) in [6.45, 7) is 4.82. The number of esters is 1. The van der Waals surface area contributed by atoms with Gasteiger partial charge in [0, 0.05) is 5.56 Å². The molecule has 2 aromatic rings. The van der Waals surface area contributed by atoms with Crippen LogP contribution < -0.4 is 10.6 Å². The minimum absolute atomic E-state index is 0.189. The molecule has 30 heavy (non-hydrogen) atoms. The van der Waals surface area contributed by atoms with Crippen LogP contribution in [0.15, 0.2) is 48.5 Å². The summed E-state index contributed by atoms with van der Waals surface area (Å²) in [4.78, 5) is 37.3. The predicted octanol–water partition coefficient (Wildman–Crippen LogP) is 3.02. The smallest absolute Gasteiger partial charge is 0.329 e. The first-order valence-electron chi connectivity index (χ1n) is 9.29. The number of halogens is 1. The number of para-hydroxylation sites is 1. The van der Waals surface area contributed by atoms with Crippen LogP contribution in [0.4, 0.5) is 10.1 Å². The summed E-state index contributed by atoms with van der Waals surface area (Å²) < 4.78 is 18.3. The van der Waals surface area contributed by atoms with E-state index in [4.69, 9.17) is 10.00 Å². The van der Waals surface area contributed by atoms with Crippen LogP contribution in [0.5, 0.6) is 0 Å². The second-order valence-corrected chi connectivity index (χ2v) is 6.93. The molecule has 0 fully saturated rings. The summed E-state index contributed by atoms with van der Waals surface area (Å²) in [6.07, 6.45) is -1.16. The number of hydrogen-bond donors (Lipinski definition) is 2. The second kappa shape index (κ2) is 10.2.